The molecule has 17 heavy (non-hydrogen) atoms. The molecule has 8 nitrogen and oxygen atoms in total. The monoisotopic (exact) mass is 252 g/mol. The number of esters is 1. The number of hydrogen-bond acceptors (Lipinski definition) is 8. The Bertz CT molecular complexity index is 268. The van der Waals surface area contributed by atoms with E-state index < -0.39 is 49.4 Å². The van der Waals surface area contributed by atoms with E-state index in [0.717, 1.165) is 6.92 Å². The molecule has 0 spiro atoms. The van der Waals surface area contributed by atoms with Crippen molar-refractivity contribution in [2.75, 3.05) is 6.61 Å². The molecule has 5 N–H and O–H groups in total. The van der Waals surface area contributed by atoms with Crippen LogP contribution in [0.3, 0.4) is 0 Å². The Morgan fingerprint density at radius 3 is 2.41 bits per heavy atom. The number of aliphatic hydroxyl groups excluding tert-OH is 5. The van der Waals surface area contributed by atoms with Gasteiger partial charge in [-0.05, 0) is 6.92 Å². The van der Waals surface area contributed by atoms with Crippen molar-refractivity contribution in [1.82, 2.24) is 0 Å². The molecule has 1 aliphatic heterocycles. The van der Waals surface area contributed by atoms with E-state index in [2.05, 4.69) is 9.47 Å². The minimum Gasteiger partial charge on any atom is -0.455 e. The van der Waals surface area contributed by atoms with Crippen molar-refractivity contribution in [2.45, 2.75) is 43.7 Å². The molecular formula is C9H16O8. The maximum atomic E-state index is 11.1. The summed E-state index contributed by atoms with van der Waals surface area (Å²) in [6.07, 6.45) is -8.93. The molecule has 6 atom stereocenters. The second-order valence-electron chi connectivity index (χ2n) is 3.81. The fraction of sp³-hybridized carbons (Fsp3) is 0.889. The SMILES string of the molecule is C[C@H](O)C(=O)O[C@@H]1[C@@H](O)[C@@H](O)O[C@H](CO)[C@H]1O. The molecule has 0 aromatic heterocycles. The molecule has 0 radical (unpaired) electrons. The largest absolute Gasteiger partial charge is 0.455 e. The van der Waals surface area contributed by atoms with Crippen LogP contribution in [0, 0.1) is 0 Å². The van der Waals surface area contributed by atoms with Crippen LogP contribution in [0.15, 0.2) is 0 Å². The predicted molar refractivity (Wildman–Crippen MR) is 51.5 cm³/mol. The molecule has 1 rings (SSSR count). The molecule has 8 heteroatoms. The maximum Gasteiger partial charge on any atom is 0.335 e. The van der Waals surface area contributed by atoms with Crippen LogP contribution in [0.4, 0.5) is 0 Å². The van der Waals surface area contributed by atoms with Gasteiger partial charge in [-0.3, -0.25) is 0 Å². The Labute approximate surface area is 97.0 Å². The highest BCUT2D eigenvalue weighted by molar-refractivity contribution is 5.74. The van der Waals surface area contributed by atoms with Crippen LogP contribution in [0.25, 0.3) is 0 Å². The highest BCUT2D eigenvalue weighted by Gasteiger charge is 2.46. The van der Waals surface area contributed by atoms with Gasteiger partial charge in [0.05, 0.1) is 6.61 Å². The van der Waals surface area contributed by atoms with E-state index in [9.17, 15) is 20.1 Å². The zero-order valence-electron chi connectivity index (χ0n) is 9.13. The summed E-state index contributed by atoms with van der Waals surface area (Å²) in [6.45, 7) is 0.536. The Morgan fingerprint density at radius 2 is 1.94 bits per heavy atom. The summed E-state index contributed by atoms with van der Waals surface area (Å²) >= 11 is 0. The quantitative estimate of drug-likeness (QED) is 0.330. The molecule has 1 aliphatic rings. The molecule has 1 heterocycles. The zero-order chi connectivity index (χ0) is 13.2. The third-order valence-electron chi connectivity index (χ3n) is 2.43. The Balaban J connectivity index is 2.75. The van der Waals surface area contributed by atoms with Crippen LogP contribution in [-0.2, 0) is 14.3 Å². The van der Waals surface area contributed by atoms with E-state index in [1.165, 1.54) is 0 Å². The first-order valence-corrected chi connectivity index (χ1v) is 5.07. The van der Waals surface area contributed by atoms with Crippen LogP contribution in [0.5, 0.6) is 0 Å². The fourth-order valence-corrected chi connectivity index (χ4v) is 1.44. The summed E-state index contributed by atoms with van der Waals surface area (Å²) in [5, 5.41) is 46.2. The van der Waals surface area contributed by atoms with Gasteiger partial charge in [0.25, 0.3) is 0 Å². The van der Waals surface area contributed by atoms with Crippen LogP contribution >= 0.6 is 0 Å². The van der Waals surface area contributed by atoms with E-state index in [0.29, 0.717) is 0 Å². The average Bonchev–Trinajstić information content (AvgIpc) is 2.28. The van der Waals surface area contributed by atoms with Crippen molar-refractivity contribution >= 4 is 5.97 Å². The van der Waals surface area contributed by atoms with Crippen molar-refractivity contribution in [3.63, 3.8) is 0 Å². The van der Waals surface area contributed by atoms with E-state index in [1.54, 1.807) is 0 Å². The van der Waals surface area contributed by atoms with Gasteiger partial charge in [-0.1, -0.05) is 0 Å². The van der Waals surface area contributed by atoms with Crippen molar-refractivity contribution < 1.29 is 39.8 Å². The normalized spacial score (nSPS) is 39.8. The number of aliphatic hydroxyl groups is 5. The number of hydrogen-bond donors (Lipinski definition) is 5. The first-order valence-electron chi connectivity index (χ1n) is 5.07. The second-order valence-corrected chi connectivity index (χ2v) is 3.81. The first-order chi connectivity index (χ1) is 7.88. The van der Waals surface area contributed by atoms with Gasteiger partial charge in [-0.25, -0.2) is 4.79 Å². The smallest absolute Gasteiger partial charge is 0.335 e. The molecule has 0 amide bonds. The molecule has 0 aromatic rings. The van der Waals surface area contributed by atoms with Gasteiger partial charge in [0, 0.05) is 0 Å². The van der Waals surface area contributed by atoms with Gasteiger partial charge < -0.3 is 35.0 Å². The van der Waals surface area contributed by atoms with Crippen LogP contribution < -0.4 is 0 Å². The molecule has 0 bridgehead atoms. The van der Waals surface area contributed by atoms with E-state index in [1.807, 2.05) is 0 Å². The topological polar surface area (TPSA) is 137 Å². The van der Waals surface area contributed by atoms with Gasteiger partial charge in [0.15, 0.2) is 12.4 Å². The molecule has 1 fully saturated rings. The molecule has 0 saturated carbocycles. The van der Waals surface area contributed by atoms with Gasteiger partial charge >= 0.3 is 5.97 Å². The number of ether oxygens (including phenoxy) is 2. The fourth-order valence-electron chi connectivity index (χ4n) is 1.44. The first kappa shape index (κ1) is 14.3. The highest BCUT2D eigenvalue weighted by Crippen LogP contribution is 2.22. The summed E-state index contributed by atoms with van der Waals surface area (Å²) < 4.78 is 9.32. The minimum absolute atomic E-state index is 0.617. The average molecular weight is 252 g/mol. The van der Waals surface area contributed by atoms with Gasteiger partial charge in [0.2, 0.25) is 0 Å². The van der Waals surface area contributed by atoms with Crippen molar-refractivity contribution in [2.24, 2.45) is 0 Å². The van der Waals surface area contributed by atoms with E-state index in [-0.39, 0.29) is 0 Å². The summed E-state index contributed by atoms with van der Waals surface area (Å²) in [5.41, 5.74) is 0. The lowest BCUT2D eigenvalue weighted by Gasteiger charge is -2.39. The Kier molecular flexibility index (Phi) is 4.80. The van der Waals surface area contributed by atoms with Crippen molar-refractivity contribution in [1.29, 1.82) is 0 Å². The summed E-state index contributed by atoms with van der Waals surface area (Å²) in [5.74, 6) is -1.06. The second kappa shape index (κ2) is 5.71. The lowest BCUT2D eigenvalue weighted by Crippen LogP contribution is -2.60. The zero-order valence-corrected chi connectivity index (χ0v) is 9.13. The van der Waals surface area contributed by atoms with Crippen molar-refractivity contribution in [3.8, 4) is 0 Å². The highest BCUT2D eigenvalue weighted by atomic mass is 16.7. The van der Waals surface area contributed by atoms with E-state index in [4.69, 9.17) is 10.2 Å². The maximum absolute atomic E-state index is 11.1. The van der Waals surface area contributed by atoms with Gasteiger partial charge in [-0.15, -0.1) is 0 Å². The third-order valence-corrected chi connectivity index (χ3v) is 2.43. The van der Waals surface area contributed by atoms with Crippen LogP contribution in [-0.4, -0.2) is 74.9 Å². The molecular weight excluding hydrogens is 236 g/mol. The summed E-state index contributed by atoms with van der Waals surface area (Å²) in [7, 11) is 0. The van der Waals surface area contributed by atoms with E-state index >= 15 is 0 Å². The Morgan fingerprint density at radius 1 is 1.35 bits per heavy atom. The summed E-state index contributed by atoms with van der Waals surface area (Å²) in [6, 6.07) is 0. The van der Waals surface area contributed by atoms with Crippen LogP contribution in [0.2, 0.25) is 0 Å². The lowest BCUT2D eigenvalue weighted by atomic mass is 9.99. The Hall–Kier alpha value is -0.770. The van der Waals surface area contributed by atoms with Crippen LogP contribution in [0.1, 0.15) is 6.92 Å². The number of rotatable bonds is 3. The predicted octanol–water partition coefficient (Wildman–Crippen LogP) is -3.29. The van der Waals surface area contributed by atoms with Gasteiger partial charge in [0.1, 0.15) is 24.4 Å². The minimum atomic E-state index is -1.69. The van der Waals surface area contributed by atoms with Crippen molar-refractivity contribution in [3.05, 3.63) is 0 Å². The molecule has 0 aliphatic carbocycles. The summed E-state index contributed by atoms with van der Waals surface area (Å²) in [4.78, 5) is 11.1. The molecule has 0 unspecified atom stereocenters. The number of carbonyl (C=O) groups is 1. The standard InChI is InChI=1S/C9H16O8/c1-3(11)8(14)17-7-5(12)4(2-10)16-9(15)6(7)13/h3-7,9-13,15H,2H2,1H3/t3-,4+,5+,6+,7-,9-/m0/s1. The third kappa shape index (κ3) is 3.12. The lowest BCUT2D eigenvalue weighted by molar-refractivity contribution is -0.290. The molecule has 1 saturated heterocycles. The molecule has 100 valence electrons. The molecule has 0 aromatic carbocycles. The number of carbonyl (C=O) groups excluding carboxylic acids is 1. The van der Waals surface area contributed by atoms with Gasteiger partial charge in [-0.2, -0.15) is 0 Å².